The number of imidazole rings is 1. The van der Waals surface area contributed by atoms with Gasteiger partial charge in [0.1, 0.15) is 0 Å². The maximum absolute atomic E-state index is 4.26. The molecule has 15 heavy (non-hydrogen) atoms. The predicted octanol–water partition coefficient (Wildman–Crippen LogP) is 3.55. The van der Waals surface area contributed by atoms with Crippen molar-refractivity contribution in [1.29, 1.82) is 0 Å². The molecule has 2 aromatic rings. The number of rotatable bonds is 1. The van der Waals surface area contributed by atoms with E-state index in [1.165, 1.54) is 17.5 Å². The zero-order valence-corrected chi connectivity index (χ0v) is 10.1. The molecule has 2 heteroatoms. The van der Waals surface area contributed by atoms with Gasteiger partial charge in [0, 0.05) is 7.05 Å². The molecular weight excluding hydrogens is 184 g/mol. The van der Waals surface area contributed by atoms with Crippen molar-refractivity contribution < 1.29 is 0 Å². The number of fused-ring (bicyclic) bond motifs is 1. The molecule has 1 aromatic carbocycles. The molecule has 1 aromatic heterocycles. The van der Waals surface area contributed by atoms with Crippen LogP contribution in [0.3, 0.4) is 0 Å². The van der Waals surface area contributed by atoms with Crippen LogP contribution in [0.1, 0.15) is 32.8 Å². The number of hydrogen-bond acceptors (Lipinski definition) is 1. The van der Waals surface area contributed by atoms with E-state index in [1.54, 1.807) is 0 Å². The van der Waals surface area contributed by atoms with Crippen molar-refractivity contribution in [2.45, 2.75) is 33.6 Å². The van der Waals surface area contributed by atoms with Gasteiger partial charge in [-0.3, -0.25) is 0 Å². The third kappa shape index (κ3) is 2.82. The second kappa shape index (κ2) is 5.54. The summed E-state index contributed by atoms with van der Waals surface area (Å²) in [4.78, 5) is 4.26. The molecule has 0 aliphatic carbocycles. The van der Waals surface area contributed by atoms with Gasteiger partial charge in [-0.2, -0.15) is 0 Å². The Morgan fingerprint density at radius 1 is 1.20 bits per heavy atom. The van der Waals surface area contributed by atoms with Gasteiger partial charge < -0.3 is 4.57 Å². The molecule has 0 radical (unpaired) electrons. The lowest BCUT2D eigenvalue weighted by atomic mass is 10.1. The molecule has 0 saturated heterocycles. The molecule has 0 amide bonds. The van der Waals surface area contributed by atoms with E-state index in [1.807, 2.05) is 13.4 Å². The maximum atomic E-state index is 4.26. The number of aryl methyl sites for hydroxylation is 2. The van der Waals surface area contributed by atoms with Crippen molar-refractivity contribution in [2.75, 3.05) is 0 Å². The molecule has 0 aliphatic heterocycles. The van der Waals surface area contributed by atoms with Crippen molar-refractivity contribution in [3.05, 3.63) is 30.1 Å². The first-order valence-corrected chi connectivity index (χ1v) is 5.62. The van der Waals surface area contributed by atoms with Gasteiger partial charge in [-0.25, -0.2) is 4.98 Å². The summed E-state index contributed by atoms with van der Waals surface area (Å²) in [6, 6.07) is 6.41. The summed E-state index contributed by atoms with van der Waals surface area (Å²) < 4.78 is 2.05. The molecule has 0 saturated carbocycles. The molecule has 0 atom stereocenters. The highest BCUT2D eigenvalue weighted by molar-refractivity contribution is 5.75. The van der Waals surface area contributed by atoms with Crippen molar-refractivity contribution in [3.8, 4) is 0 Å². The van der Waals surface area contributed by atoms with Crippen LogP contribution >= 0.6 is 0 Å². The Balaban J connectivity index is 0.000000337. The van der Waals surface area contributed by atoms with E-state index in [4.69, 9.17) is 0 Å². The molecule has 2 rings (SSSR count). The minimum Gasteiger partial charge on any atom is -0.334 e. The smallest absolute Gasteiger partial charge is 0.0955 e. The van der Waals surface area contributed by atoms with Gasteiger partial charge in [-0.15, -0.1) is 0 Å². The van der Waals surface area contributed by atoms with E-state index < -0.39 is 0 Å². The Morgan fingerprint density at radius 2 is 1.87 bits per heavy atom. The van der Waals surface area contributed by atoms with Gasteiger partial charge in [-0.1, -0.05) is 33.3 Å². The van der Waals surface area contributed by atoms with E-state index in [2.05, 4.69) is 48.5 Å². The molecule has 2 nitrogen and oxygen atoms in total. The number of benzene rings is 1. The summed E-state index contributed by atoms with van der Waals surface area (Å²) in [5.74, 6) is 0. The lowest BCUT2D eigenvalue weighted by molar-refractivity contribution is 0.946. The monoisotopic (exact) mass is 204 g/mol. The van der Waals surface area contributed by atoms with Crippen LogP contribution in [0.15, 0.2) is 24.5 Å². The average Bonchev–Trinajstić information content (AvgIpc) is 2.61. The third-order valence-corrected chi connectivity index (χ3v) is 2.20. The van der Waals surface area contributed by atoms with Gasteiger partial charge >= 0.3 is 0 Å². The fourth-order valence-electron chi connectivity index (χ4n) is 1.39. The van der Waals surface area contributed by atoms with Crippen molar-refractivity contribution in [1.82, 2.24) is 9.55 Å². The van der Waals surface area contributed by atoms with Crippen molar-refractivity contribution >= 4 is 11.0 Å². The molecule has 82 valence electrons. The van der Waals surface area contributed by atoms with E-state index >= 15 is 0 Å². The normalized spacial score (nSPS) is 9.87. The van der Waals surface area contributed by atoms with Crippen molar-refractivity contribution in [3.63, 3.8) is 0 Å². The standard InChI is InChI=1S/C10H12N2.C3H8/c1-3-8-4-5-9-10(6-8)12(2)7-11-9;1-3-2/h4-7H,3H2,1-2H3;3H2,1-2H3. The number of aromatic nitrogens is 2. The summed E-state index contributed by atoms with van der Waals surface area (Å²) in [7, 11) is 2.02. The van der Waals surface area contributed by atoms with Gasteiger partial charge in [-0.05, 0) is 24.1 Å². The summed E-state index contributed by atoms with van der Waals surface area (Å²) in [5.41, 5.74) is 3.66. The van der Waals surface area contributed by atoms with Crippen LogP contribution in [-0.2, 0) is 13.5 Å². The molecule has 1 heterocycles. The minimum atomic E-state index is 1.08. The Labute approximate surface area is 91.9 Å². The maximum Gasteiger partial charge on any atom is 0.0955 e. The topological polar surface area (TPSA) is 17.8 Å². The van der Waals surface area contributed by atoms with Gasteiger partial charge in [0.05, 0.1) is 17.4 Å². The fraction of sp³-hybridized carbons (Fsp3) is 0.462. The first kappa shape index (κ1) is 11.8. The molecule has 0 bridgehead atoms. The van der Waals surface area contributed by atoms with Crippen molar-refractivity contribution in [2.24, 2.45) is 7.05 Å². The Hall–Kier alpha value is -1.31. The van der Waals surface area contributed by atoms with E-state index in [0.29, 0.717) is 0 Å². The fourth-order valence-corrected chi connectivity index (χ4v) is 1.39. The average molecular weight is 204 g/mol. The van der Waals surface area contributed by atoms with E-state index in [9.17, 15) is 0 Å². The summed E-state index contributed by atoms with van der Waals surface area (Å²) in [6.45, 7) is 6.41. The second-order valence-electron chi connectivity index (χ2n) is 3.74. The molecule has 0 spiro atoms. The Morgan fingerprint density at radius 3 is 2.47 bits per heavy atom. The van der Waals surface area contributed by atoms with Crippen LogP contribution < -0.4 is 0 Å². The van der Waals surface area contributed by atoms with Crippen LogP contribution in [0.5, 0.6) is 0 Å². The zero-order chi connectivity index (χ0) is 11.3. The lowest BCUT2D eigenvalue weighted by Crippen LogP contribution is -1.85. The SMILES string of the molecule is CCC.CCc1ccc2ncn(C)c2c1. The Bertz CT molecular complexity index is 415. The summed E-state index contributed by atoms with van der Waals surface area (Å²) >= 11 is 0. The van der Waals surface area contributed by atoms with Crippen LogP contribution in [0, 0.1) is 0 Å². The molecule has 0 aliphatic rings. The largest absolute Gasteiger partial charge is 0.334 e. The predicted molar refractivity (Wildman–Crippen MR) is 66.1 cm³/mol. The molecular formula is C13H20N2. The highest BCUT2D eigenvalue weighted by Crippen LogP contribution is 2.13. The highest BCUT2D eigenvalue weighted by atomic mass is 15.0. The first-order chi connectivity index (χ1) is 7.22. The lowest BCUT2D eigenvalue weighted by Gasteiger charge is -1.97. The number of hydrogen-bond donors (Lipinski definition) is 0. The van der Waals surface area contributed by atoms with Gasteiger partial charge in [0.25, 0.3) is 0 Å². The van der Waals surface area contributed by atoms with Crippen LogP contribution in [-0.4, -0.2) is 9.55 Å². The molecule has 0 N–H and O–H groups in total. The second-order valence-corrected chi connectivity index (χ2v) is 3.74. The highest BCUT2D eigenvalue weighted by Gasteiger charge is 1.98. The summed E-state index contributed by atoms with van der Waals surface area (Å²) in [5, 5.41) is 0. The van der Waals surface area contributed by atoms with Gasteiger partial charge in [0.15, 0.2) is 0 Å². The third-order valence-electron chi connectivity index (χ3n) is 2.20. The van der Waals surface area contributed by atoms with E-state index in [-0.39, 0.29) is 0 Å². The van der Waals surface area contributed by atoms with Crippen LogP contribution in [0.2, 0.25) is 0 Å². The zero-order valence-electron chi connectivity index (χ0n) is 10.1. The summed E-state index contributed by atoms with van der Waals surface area (Å²) in [6.07, 6.45) is 4.19. The quantitative estimate of drug-likeness (QED) is 0.694. The molecule has 0 unspecified atom stereocenters. The first-order valence-electron chi connectivity index (χ1n) is 5.62. The van der Waals surface area contributed by atoms with Crippen LogP contribution in [0.4, 0.5) is 0 Å². The van der Waals surface area contributed by atoms with Crippen LogP contribution in [0.25, 0.3) is 11.0 Å². The van der Waals surface area contributed by atoms with E-state index in [0.717, 1.165) is 11.9 Å². The Kier molecular flexibility index (Phi) is 4.35. The van der Waals surface area contributed by atoms with Gasteiger partial charge in [0.2, 0.25) is 0 Å². The number of nitrogens with zero attached hydrogens (tertiary/aromatic N) is 2. The molecule has 0 fully saturated rings. The minimum absolute atomic E-state index is 1.08.